The van der Waals surface area contributed by atoms with Crippen LogP contribution in [0.4, 0.5) is 0 Å². The number of nitrogens with zero attached hydrogens (tertiary/aromatic N) is 3. The Morgan fingerprint density at radius 1 is 1.13 bits per heavy atom. The van der Waals surface area contributed by atoms with E-state index in [9.17, 15) is 13.2 Å². The molecule has 0 unspecified atom stereocenters. The summed E-state index contributed by atoms with van der Waals surface area (Å²) in [5.41, 5.74) is 0. The summed E-state index contributed by atoms with van der Waals surface area (Å²) in [6.45, 7) is 5.20. The lowest BCUT2D eigenvalue weighted by atomic mass is 9.94. The van der Waals surface area contributed by atoms with Crippen molar-refractivity contribution in [1.29, 1.82) is 0 Å². The van der Waals surface area contributed by atoms with Crippen LogP contribution in [0.1, 0.15) is 19.3 Å². The van der Waals surface area contributed by atoms with Gasteiger partial charge in [-0.3, -0.25) is 9.69 Å². The molecule has 0 aromatic heterocycles. The van der Waals surface area contributed by atoms with Gasteiger partial charge >= 0.3 is 0 Å². The number of ether oxygens (including phenoxy) is 1. The van der Waals surface area contributed by atoms with Crippen LogP contribution in [-0.2, 0) is 19.6 Å². The summed E-state index contributed by atoms with van der Waals surface area (Å²) in [7, 11) is -3.16. The molecule has 2 atom stereocenters. The van der Waals surface area contributed by atoms with E-state index >= 15 is 0 Å². The molecule has 0 radical (unpaired) electrons. The van der Waals surface area contributed by atoms with Crippen molar-refractivity contribution in [3.63, 3.8) is 0 Å². The lowest BCUT2D eigenvalue weighted by Gasteiger charge is -2.37. The molecule has 0 N–H and O–H groups in total. The predicted octanol–water partition coefficient (Wildman–Crippen LogP) is -0.409. The molecule has 0 saturated carbocycles. The van der Waals surface area contributed by atoms with Gasteiger partial charge < -0.3 is 9.64 Å². The molecule has 1 amide bonds. The zero-order valence-electron chi connectivity index (χ0n) is 13.8. The fourth-order valence-corrected chi connectivity index (χ4v) is 4.66. The highest BCUT2D eigenvalue weighted by Gasteiger charge is 2.36. The van der Waals surface area contributed by atoms with E-state index in [0.29, 0.717) is 26.2 Å². The van der Waals surface area contributed by atoms with Crippen LogP contribution in [-0.4, -0.2) is 93.2 Å². The van der Waals surface area contributed by atoms with Crippen LogP contribution in [0.3, 0.4) is 0 Å². The summed E-state index contributed by atoms with van der Waals surface area (Å²) in [6.07, 6.45) is 4.39. The molecule has 3 saturated heterocycles. The molecule has 0 aromatic carbocycles. The Hall–Kier alpha value is -0.700. The Bertz CT molecular complexity index is 533. The van der Waals surface area contributed by atoms with Crippen LogP contribution in [0.25, 0.3) is 0 Å². The number of carbonyl (C=O) groups is 1. The maximum atomic E-state index is 12.3. The van der Waals surface area contributed by atoms with E-state index in [1.54, 1.807) is 0 Å². The van der Waals surface area contributed by atoms with Crippen molar-refractivity contribution in [2.24, 2.45) is 5.92 Å². The monoisotopic (exact) mass is 345 g/mol. The molecule has 3 heterocycles. The lowest BCUT2D eigenvalue weighted by molar-refractivity contribution is -0.132. The Labute approximate surface area is 138 Å². The topological polar surface area (TPSA) is 70.2 Å². The van der Waals surface area contributed by atoms with E-state index < -0.39 is 10.0 Å². The summed E-state index contributed by atoms with van der Waals surface area (Å²) in [5.74, 6) is 0.442. The molecular formula is C15H27N3O4S. The normalized spacial score (nSPS) is 30.9. The van der Waals surface area contributed by atoms with Gasteiger partial charge in [-0.15, -0.1) is 0 Å². The van der Waals surface area contributed by atoms with Crippen LogP contribution in [0.2, 0.25) is 0 Å². The number of hydrogen-bond donors (Lipinski definition) is 0. The molecule has 0 spiro atoms. The molecule has 3 aliphatic rings. The molecular weight excluding hydrogens is 318 g/mol. The first-order valence-corrected chi connectivity index (χ1v) is 10.3. The van der Waals surface area contributed by atoms with E-state index in [1.807, 2.05) is 4.90 Å². The second kappa shape index (κ2) is 7.04. The van der Waals surface area contributed by atoms with Gasteiger partial charge in [-0.2, -0.15) is 4.31 Å². The third kappa shape index (κ3) is 4.23. The van der Waals surface area contributed by atoms with E-state index in [0.717, 1.165) is 45.4 Å². The zero-order chi connectivity index (χ0) is 16.4. The van der Waals surface area contributed by atoms with Crippen molar-refractivity contribution < 1.29 is 17.9 Å². The minimum absolute atomic E-state index is 0.0295. The molecule has 0 bridgehead atoms. The minimum Gasteiger partial charge on any atom is -0.375 e. The van der Waals surface area contributed by atoms with Crippen LogP contribution >= 0.6 is 0 Å². The van der Waals surface area contributed by atoms with Crippen LogP contribution in [0, 0.1) is 5.92 Å². The van der Waals surface area contributed by atoms with Crippen molar-refractivity contribution in [3.8, 4) is 0 Å². The molecule has 0 aliphatic carbocycles. The third-order valence-electron chi connectivity index (χ3n) is 5.18. The van der Waals surface area contributed by atoms with Gasteiger partial charge in [-0.05, 0) is 25.8 Å². The second-order valence-corrected chi connectivity index (χ2v) is 8.88. The molecule has 3 fully saturated rings. The first-order chi connectivity index (χ1) is 10.9. The quantitative estimate of drug-likeness (QED) is 0.696. The standard InChI is InChI=1S/C15H27N3O4S/c1-23(20,21)18-8-9-22-14-11-16(7-4-13(14)10-18)12-15(19)17-5-2-3-6-17/h13-14H,2-12H2,1H3/t13-,14-/m1/s1. The summed E-state index contributed by atoms with van der Waals surface area (Å²) in [6, 6.07) is 0. The highest BCUT2D eigenvalue weighted by Crippen LogP contribution is 2.25. The fourth-order valence-electron chi connectivity index (χ4n) is 3.79. The maximum Gasteiger partial charge on any atom is 0.236 e. The first-order valence-electron chi connectivity index (χ1n) is 8.50. The third-order valence-corrected chi connectivity index (χ3v) is 6.45. The minimum atomic E-state index is -3.16. The molecule has 3 rings (SSSR count). The number of sulfonamides is 1. The summed E-state index contributed by atoms with van der Waals surface area (Å²) in [5, 5.41) is 0. The van der Waals surface area contributed by atoms with Crippen LogP contribution in [0.15, 0.2) is 0 Å². The molecule has 132 valence electrons. The number of carbonyl (C=O) groups excluding carboxylic acids is 1. The summed E-state index contributed by atoms with van der Waals surface area (Å²) >= 11 is 0. The number of likely N-dealkylation sites (tertiary alicyclic amines) is 2. The Morgan fingerprint density at radius 3 is 2.57 bits per heavy atom. The van der Waals surface area contributed by atoms with Crippen molar-refractivity contribution in [2.75, 3.05) is 58.7 Å². The van der Waals surface area contributed by atoms with Gasteiger partial charge in [-0.25, -0.2) is 8.42 Å². The van der Waals surface area contributed by atoms with Crippen molar-refractivity contribution in [2.45, 2.75) is 25.4 Å². The van der Waals surface area contributed by atoms with Gasteiger partial charge in [0.2, 0.25) is 15.9 Å². The van der Waals surface area contributed by atoms with Gasteiger partial charge in [0, 0.05) is 38.6 Å². The highest BCUT2D eigenvalue weighted by molar-refractivity contribution is 7.88. The SMILES string of the molecule is CS(=O)(=O)N1CCO[C@@H]2CN(CC(=O)N3CCCC3)CC[C@@H]2C1. The van der Waals surface area contributed by atoms with Gasteiger partial charge in [0.1, 0.15) is 0 Å². The Balaban J connectivity index is 1.55. The van der Waals surface area contributed by atoms with Crippen molar-refractivity contribution in [3.05, 3.63) is 0 Å². The Kier molecular flexibility index (Phi) is 5.25. The number of hydrogen-bond acceptors (Lipinski definition) is 5. The number of piperidine rings is 1. The van der Waals surface area contributed by atoms with Gasteiger partial charge in [-0.1, -0.05) is 0 Å². The average molecular weight is 345 g/mol. The van der Waals surface area contributed by atoms with Crippen molar-refractivity contribution >= 4 is 15.9 Å². The van der Waals surface area contributed by atoms with E-state index in [4.69, 9.17) is 4.74 Å². The molecule has 7 nitrogen and oxygen atoms in total. The van der Waals surface area contributed by atoms with Gasteiger partial charge in [0.15, 0.2) is 0 Å². The first kappa shape index (κ1) is 17.1. The summed E-state index contributed by atoms with van der Waals surface area (Å²) in [4.78, 5) is 16.4. The number of rotatable bonds is 3. The second-order valence-electron chi connectivity index (χ2n) is 6.90. The summed E-state index contributed by atoms with van der Waals surface area (Å²) < 4.78 is 31.0. The molecule has 8 heteroatoms. The van der Waals surface area contributed by atoms with E-state index in [-0.39, 0.29) is 17.9 Å². The van der Waals surface area contributed by atoms with Gasteiger partial charge in [0.05, 0.1) is 25.5 Å². The van der Waals surface area contributed by atoms with Crippen LogP contribution < -0.4 is 0 Å². The molecule has 23 heavy (non-hydrogen) atoms. The van der Waals surface area contributed by atoms with E-state index in [1.165, 1.54) is 10.6 Å². The highest BCUT2D eigenvalue weighted by atomic mass is 32.2. The predicted molar refractivity (Wildman–Crippen MR) is 86.5 cm³/mol. The van der Waals surface area contributed by atoms with Crippen LogP contribution in [0.5, 0.6) is 0 Å². The molecule has 0 aromatic rings. The Morgan fingerprint density at radius 2 is 1.87 bits per heavy atom. The zero-order valence-corrected chi connectivity index (χ0v) is 14.6. The van der Waals surface area contributed by atoms with Crippen molar-refractivity contribution in [1.82, 2.24) is 14.1 Å². The van der Waals surface area contributed by atoms with E-state index in [2.05, 4.69) is 4.90 Å². The molecule has 3 aliphatic heterocycles. The van der Waals surface area contributed by atoms with Gasteiger partial charge in [0.25, 0.3) is 0 Å². The largest absolute Gasteiger partial charge is 0.375 e. The lowest BCUT2D eigenvalue weighted by Crippen LogP contribution is -2.50. The number of fused-ring (bicyclic) bond motifs is 1. The smallest absolute Gasteiger partial charge is 0.236 e. The maximum absolute atomic E-state index is 12.3. The number of amides is 1. The average Bonchev–Trinajstić information content (AvgIpc) is 2.93. The fraction of sp³-hybridized carbons (Fsp3) is 0.933.